The summed E-state index contributed by atoms with van der Waals surface area (Å²) < 4.78 is 51.1. The SMILES string of the molecule is CCC(Br)CNC(=O)c1cccc(C(F)(F)F)c1F. The summed E-state index contributed by atoms with van der Waals surface area (Å²) in [5.41, 5.74) is -2.04. The Morgan fingerprint density at radius 3 is 2.58 bits per heavy atom. The smallest absolute Gasteiger partial charge is 0.351 e. The molecule has 0 saturated heterocycles. The van der Waals surface area contributed by atoms with Gasteiger partial charge in [-0.15, -0.1) is 0 Å². The number of halogens is 5. The second-order valence-electron chi connectivity index (χ2n) is 3.88. The van der Waals surface area contributed by atoms with Crippen molar-refractivity contribution >= 4 is 21.8 Å². The lowest BCUT2D eigenvalue weighted by atomic mass is 10.1. The van der Waals surface area contributed by atoms with Crippen molar-refractivity contribution in [1.29, 1.82) is 0 Å². The highest BCUT2D eigenvalue weighted by molar-refractivity contribution is 9.09. The van der Waals surface area contributed by atoms with E-state index < -0.39 is 29.0 Å². The lowest BCUT2D eigenvalue weighted by Crippen LogP contribution is -2.30. The first kappa shape index (κ1) is 15.9. The minimum Gasteiger partial charge on any atom is -0.351 e. The van der Waals surface area contributed by atoms with E-state index in [2.05, 4.69) is 21.2 Å². The van der Waals surface area contributed by atoms with E-state index in [4.69, 9.17) is 0 Å². The van der Waals surface area contributed by atoms with E-state index in [9.17, 15) is 22.4 Å². The van der Waals surface area contributed by atoms with E-state index >= 15 is 0 Å². The molecule has 1 rings (SSSR count). The van der Waals surface area contributed by atoms with Crippen molar-refractivity contribution in [2.45, 2.75) is 24.3 Å². The summed E-state index contributed by atoms with van der Waals surface area (Å²) in [6.07, 6.45) is -4.09. The molecule has 0 radical (unpaired) electrons. The van der Waals surface area contributed by atoms with Gasteiger partial charge < -0.3 is 5.32 Å². The fourth-order valence-corrected chi connectivity index (χ4v) is 1.53. The first-order valence-electron chi connectivity index (χ1n) is 5.55. The number of amides is 1. The van der Waals surface area contributed by atoms with Gasteiger partial charge in [0.15, 0.2) is 0 Å². The Morgan fingerprint density at radius 2 is 2.05 bits per heavy atom. The monoisotopic (exact) mass is 341 g/mol. The second-order valence-corrected chi connectivity index (χ2v) is 5.18. The molecular weight excluding hydrogens is 330 g/mol. The van der Waals surface area contributed by atoms with Gasteiger partial charge in [0, 0.05) is 11.4 Å². The van der Waals surface area contributed by atoms with Crippen LogP contribution >= 0.6 is 15.9 Å². The Balaban J connectivity index is 2.93. The zero-order chi connectivity index (χ0) is 14.6. The van der Waals surface area contributed by atoms with Crippen LogP contribution in [0, 0.1) is 5.82 Å². The predicted octanol–water partition coefficient (Wildman–Crippen LogP) is 3.75. The van der Waals surface area contributed by atoms with Crippen molar-refractivity contribution in [3.63, 3.8) is 0 Å². The van der Waals surface area contributed by atoms with Crippen molar-refractivity contribution in [1.82, 2.24) is 5.32 Å². The summed E-state index contributed by atoms with van der Waals surface area (Å²) in [5, 5.41) is 2.38. The second kappa shape index (κ2) is 6.36. The molecule has 0 fully saturated rings. The summed E-state index contributed by atoms with van der Waals surface area (Å²) in [5.74, 6) is -2.41. The van der Waals surface area contributed by atoms with Crippen molar-refractivity contribution < 1.29 is 22.4 Å². The minimum atomic E-state index is -4.82. The zero-order valence-corrected chi connectivity index (χ0v) is 11.6. The lowest BCUT2D eigenvalue weighted by Gasteiger charge is -2.12. The number of alkyl halides is 4. The number of hydrogen-bond acceptors (Lipinski definition) is 1. The average molecular weight is 342 g/mol. The molecule has 1 atom stereocenters. The third-order valence-corrected chi connectivity index (χ3v) is 3.45. The molecule has 1 unspecified atom stereocenters. The van der Waals surface area contributed by atoms with Crippen molar-refractivity contribution in [2.24, 2.45) is 0 Å². The fourth-order valence-electron chi connectivity index (χ4n) is 1.37. The average Bonchev–Trinajstić information content (AvgIpc) is 2.34. The van der Waals surface area contributed by atoms with E-state index in [1.807, 2.05) is 6.92 Å². The number of benzene rings is 1. The molecule has 2 nitrogen and oxygen atoms in total. The van der Waals surface area contributed by atoms with Gasteiger partial charge in [0.05, 0.1) is 11.1 Å². The maximum atomic E-state index is 13.6. The molecule has 0 bridgehead atoms. The predicted molar refractivity (Wildman–Crippen MR) is 66.7 cm³/mol. The first-order valence-corrected chi connectivity index (χ1v) is 6.47. The highest BCUT2D eigenvalue weighted by atomic mass is 79.9. The molecule has 0 heterocycles. The van der Waals surface area contributed by atoms with E-state index in [1.165, 1.54) is 0 Å². The molecule has 7 heteroatoms. The van der Waals surface area contributed by atoms with Gasteiger partial charge in [-0.3, -0.25) is 4.79 Å². The van der Waals surface area contributed by atoms with Crippen LogP contribution in [0.5, 0.6) is 0 Å². The van der Waals surface area contributed by atoms with Crippen LogP contribution < -0.4 is 5.32 Å². The molecule has 1 aromatic rings. The van der Waals surface area contributed by atoms with Crippen molar-refractivity contribution in [3.8, 4) is 0 Å². The normalized spacial score (nSPS) is 13.2. The van der Waals surface area contributed by atoms with Crippen LogP contribution in [-0.4, -0.2) is 17.3 Å². The Kier molecular flexibility index (Phi) is 5.34. The molecule has 1 aromatic carbocycles. The van der Waals surface area contributed by atoms with Crippen LogP contribution in [-0.2, 0) is 6.18 Å². The fraction of sp³-hybridized carbons (Fsp3) is 0.417. The molecule has 0 aliphatic rings. The molecule has 1 amide bonds. The number of carbonyl (C=O) groups is 1. The number of nitrogens with one attached hydrogen (secondary N) is 1. The number of hydrogen-bond donors (Lipinski definition) is 1. The first-order chi connectivity index (χ1) is 8.77. The van der Waals surface area contributed by atoms with Crippen LogP contribution in [0.1, 0.15) is 29.3 Å². The van der Waals surface area contributed by atoms with Gasteiger partial charge in [-0.1, -0.05) is 28.9 Å². The number of rotatable bonds is 4. The largest absolute Gasteiger partial charge is 0.419 e. The van der Waals surface area contributed by atoms with Gasteiger partial charge in [0.2, 0.25) is 0 Å². The highest BCUT2D eigenvalue weighted by Gasteiger charge is 2.35. The van der Waals surface area contributed by atoms with Crippen LogP contribution in [0.25, 0.3) is 0 Å². The van der Waals surface area contributed by atoms with Gasteiger partial charge in [0.25, 0.3) is 5.91 Å². The Bertz CT molecular complexity index is 462. The standard InChI is InChI=1S/C12H12BrF4NO/c1-2-7(13)6-18-11(19)8-4-3-5-9(10(8)14)12(15,16)17/h3-5,7H,2,6H2,1H3,(H,18,19). The van der Waals surface area contributed by atoms with E-state index in [0.717, 1.165) is 18.6 Å². The molecule has 106 valence electrons. The minimum absolute atomic E-state index is 0.00897. The van der Waals surface area contributed by atoms with Crippen molar-refractivity contribution in [3.05, 3.63) is 35.1 Å². The molecule has 0 aliphatic heterocycles. The molecule has 1 N–H and O–H groups in total. The third kappa shape index (κ3) is 4.19. The zero-order valence-electron chi connectivity index (χ0n) is 10.0. The van der Waals surface area contributed by atoms with Gasteiger partial charge in [-0.05, 0) is 18.6 Å². The molecular formula is C12H12BrF4NO. The van der Waals surface area contributed by atoms with Crippen LogP contribution in [0.3, 0.4) is 0 Å². The van der Waals surface area contributed by atoms with E-state index in [-0.39, 0.29) is 11.4 Å². The van der Waals surface area contributed by atoms with E-state index in [1.54, 1.807) is 0 Å². The lowest BCUT2D eigenvalue weighted by molar-refractivity contribution is -0.140. The summed E-state index contributed by atoms with van der Waals surface area (Å²) in [4.78, 5) is 11.6. The summed E-state index contributed by atoms with van der Waals surface area (Å²) in [6.45, 7) is 2.08. The molecule has 0 spiro atoms. The quantitative estimate of drug-likeness (QED) is 0.655. The Morgan fingerprint density at radius 1 is 1.42 bits per heavy atom. The molecule has 0 aliphatic carbocycles. The molecule has 19 heavy (non-hydrogen) atoms. The molecule has 0 saturated carbocycles. The number of carbonyl (C=O) groups excluding carboxylic acids is 1. The van der Waals surface area contributed by atoms with Gasteiger partial charge >= 0.3 is 6.18 Å². The van der Waals surface area contributed by atoms with Crippen molar-refractivity contribution in [2.75, 3.05) is 6.54 Å². The third-order valence-electron chi connectivity index (χ3n) is 2.48. The maximum absolute atomic E-state index is 13.6. The topological polar surface area (TPSA) is 29.1 Å². The maximum Gasteiger partial charge on any atom is 0.419 e. The van der Waals surface area contributed by atoms with E-state index in [0.29, 0.717) is 6.07 Å². The van der Waals surface area contributed by atoms with Crippen LogP contribution in [0.2, 0.25) is 0 Å². The highest BCUT2D eigenvalue weighted by Crippen LogP contribution is 2.32. The Labute approximate surface area is 116 Å². The molecule has 0 aromatic heterocycles. The van der Waals surface area contributed by atoms with Gasteiger partial charge in [0.1, 0.15) is 5.82 Å². The summed E-state index contributed by atoms with van der Waals surface area (Å²) in [7, 11) is 0. The van der Waals surface area contributed by atoms with Gasteiger partial charge in [-0.2, -0.15) is 13.2 Å². The van der Waals surface area contributed by atoms with Crippen LogP contribution in [0.15, 0.2) is 18.2 Å². The van der Waals surface area contributed by atoms with Gasteiger partial charge in [-0.25, -0.2) is 4.39 Å². The Hall–Kier alpha value is -1.11. The summed E-state index contributed by atoms with van der Waals surface area (Å²) in [6, 6.07) is 2.63. The summed E-state index contributed by atoms with van der Waals surface area (Å²) >= 11 is 3.25. The van der Waals surface area contributed by atoms with Crippen LogP contribution in [0.4, 0.5) is 17.6 Å².